The highest BCUT2D eigenvalue weighted by Gasteiger charge is 2.33. The lowest BCUT2D eigenvalue weighted by Gasteiger charge is -2.35. The van der Waals surface area contributed by atoms with Crippen LogP contribution in [0.2, 0.25) is 0 Å². The van der Waals surface area contributed by atoms with Crippen LogP contribution in [0.1, 0.15) is 72.2 Å². The summed E-state index contributed by atoms with van der Waals surface area (Å²) in [4.78, 5) is 21.2. The second-order valence-electron chi connectivity index (χ2n) is 10.1. The number of carbonyl (C=O) groups is 1. The summed E-state index contributed by atoms with van der Waals surface area (Å²) >= 11 is 0. The fourth-order valence-electron chi connectivity index (χ4n) is 5.98. The second-order valence-corrected chi connectivity index (χ2v) is 10.1. The second kappa shape index (κ2) is 8.72. The van der Waals surface area contributed by atoms with Gasteiger partial charge in [-0.15, -0.1) is 0 Å². The molecule has 2 fully saturated rings. The average Bonchev–Trinajstić information content (AvgIpc) is 3.20. The third-order valence-electron chi connectivity index (χ3n) is 8.05. The number of nitrogens with zero attached hydrogens (tertiary/aromatic N) is 3. The Labute approximate surface area is 203 Å². The highest BCUT2D eigenvalue weighted by Crippen LogP contribution is 2.44. The zero-order chi connectivity index (χ0) is 24.1. The van der Waals surface area contributed by atoms with Crippen LogP contribution >= 0.6 is 0 Å². The van der Waals surface area contributed by atoms with Gasteiger partial charge in [-0.05, 0) is 85.5 Å². The van der Waals surface area contributed by atoms with E-state index < -0.39 is 5.91 Å². The number of carbonyl (C=O) groups excluding carboxylic acids is 1. The van der Waals surface area contributed by atoms with E-state index in [-0.39, 0.29) is 17.8 Å². The maximum atomic E-state index is 14.0. The molecule has 35 heavy (non-hydrogen) atoms. The summed E-state index contributed by atoms with van der Waals surface area (Å²) in [5.74, 6) is 1.60. The minimum atomic E-state index is -0.430. The van der Waals surface area contributed by atoms with Crippen LogP contribution in [0.15, 0.2) is 48.7 Å². The molecule has 180 valence electrons. The molecule has 1 aliphatic heterocycles. The summed E-state index contributed by atoms with van der Waals surface area (Å²) in [5.41, 5.74) is 9.95. The van der Waals surface area contributed by atoms with Crippen LogP contribution in [0.4, 0.5) is 4.39 Å². The number of amides is 1. The summed E-state index contributed by atoms with van der Waals surface area (Å²) in [6.07, 6.45) is 6.13. The van der Waals surface area contributed by atoms with E-state index in [9.17, 15) is 9.18 Å². The van der Waals surface area contributed by atoms with Crippen LogP contribution in [0.25, 0.3) is 21.9 Å². The number of rotatable bonds is 5. The van der Waals surface area contributed by atoms with Gasteiger partial charge in [0.1, 0.15) is 11.6 Å². The topological polar surface area (TPSA) is 83.0 Å². The Kier molecular flexibility index (Phi) is 5.52. The normalized spacial score (nSPS) is 21.8. The first kappa shape index (κ1) is 22.2. The zero-order valence-corrected chi connectivity index (χ0v) is 19.8. The van der Waals surface area contributed by atoms with E-state index in [0.717, 1.165) is 53.4 Å². The molecule has 0 radical (unpaired) electrons. The van der Waals surface area contributed by atoms with Gasteiger partial charge in [-0.3, -0.25) is 9.78 Å². The van der Waals surface area contributed by atoms with E-state index in [1.165, 1.54) is 11.6 Å². The van der Waals surface area contributed by atoms with E-state index in [0.29, 0.717) is 30.6 Å². The number of imidazole rings is 1. The van der Waals surface area contributed by atoms with Crippen molar-refractivity contribution in [1.82, 2.24) is 14.5 Å². The smallest absolute Gasteiger partial charge is 0.248 e. The number of fused-ring (bicyclic) bond motifs is 2. The Bertz CT molecular complexity index is 1420. The zero-order valence-electron chi connectivity index (χ0n) is 19.8. The van der Waals surface area contributed by atoms with Gasteiger partial charge in [0.2, 0.25) is 5.91 Å². The van der Waals surface area contributed by atoms with E-state index in [1.807, 2.05) is 18.3 Å². The summed E-state index contributed by atoms with van der Waals surface area (Å²) in [5, 5.41) is 0.932. The van der Waals surface area contributed by atoms with Gasteiger partial charge in [0, 0.05) is 23.1 Å². The Morgan fingerprint density at radius 1 is 1.09 bits per heavy atom. The minimum absolute atomic E-state index is 0.215. The number of hydrogen-bond acceptors (Lipinski definition) is 4. The lowest BCUT2D eigenvalue weighted by atomic mass is 9.73. The molecule has 2 N–H and O–H groups in total. The number of hydrogen-bond donors (Lipinski definition) is 1. The molecule has 1 saturated heterocycles. The number of aromatic nitrogens is 3. The molecule has 6 rings (SSSR count). The SMILES string of the molecule is CC(c1nc2ccc(C(N)=O)cc2n1C1COC1)C1CCC(c2ccnc3ccc(F)cc23)CC1. The van der Waals surface area contributed by atoms with Crippen LogP contribution in [0.5, 0.6) is 0 Å². The molecule has 4 aromatic rings. The van der Waals surface area contributed by atoms with Gasteiger partial charge >= 0.3 is 0 Å². The molecule has 7 heteroatoms. The van der Waals surface area contributed by atoms with Crippen molar-refractivity contribution >= 4 is 27.8 Å². The predicted octanol–water partition coefficient (Wildman–Crippen LogP) is 5.47. The fraction of sp³-hybridized carbons (Fsp3) is 0.393. The van der Waals surface area contributed by atoms with Crippen LogP contribution < -0.4 is 5.73 Å². The molecule has 2 aromatic carbocycles. The first-order chi connectivity index (χ1) is 17.0. The molecule has 1 unspecified atom stereocenters. The lowest BCUT2D eigenvalue weighted by molar-refractivity contribution is -0.0234. The molecule has 0 spiro atoms. The van der Waals surface area contributed by atoms with Crippen molar-refractivity contribution in [2.75, 3.05) is 13.2 Å². The minimum Gasteiger partial charge on any atom is -0.377 e. The van der Waals surface area contributed by atoms with Gasteiger partial charge in [-0.2, -0.15) is 0 Å². The van der Waals surface area contributed by atoms with Gasteiger partial charge in [0.05, 0.1) is 35.8 Å². The van der Waals surface area contributed by atoms with Gasteiger partial charge in [-0.25, -0.2) is 9.37 Å². The van der Waals surface area contributed by atoms with Crippen molar-refractivity contribution in [2.24, 2.45) is 11.7 Å². The van der Waals surface area contributed by atoms with Crippen molar-refractivity contribution in [3.8, 4) is 0 Å². The van der Waals surface area contributed by atoms with Crippen LogP contribution in [0, 0.1) is 11.7 Å². The van der Waals surface area contributed by atoms with Crippen molar-refractivity contribution in [2.45, 2.75) is 50.5 Å². The average molecular weight is 473 g/mol. The first-order valence-corrected chi connectivity index (χ1v) is 12.4. The third kappa shape index (κ3) is 3.88. The Hall–Kier alpha value is -3.32. The van der Waals surface area contributed by atoms with E-state index in [4.69, 9.17) is 15.5 Å². The van der Waals surface area contributed by atoms with Gasteiger partial charge in [-0.1, -0.05) is 6.92 Å². The maximum absolute atomic E-state index is 14.0. The number of primary amides is 1. The molecular formula is C28H29FN4O2. The number of nitrogens with two attached hydrogens (primary N) is 1. The highest BCUT2D eigenvalue weighted by molar-refractivity contribution is 5.96. The molecule has 2 aromatic heterocycles. The van der Waals surface area contributed by atoms with Gasteiger partial charge in [0.15, 0.2) is 0 Å². The van der Waals surface area contributed by atoms with Crippen LogP contribution in [0.3, 0.4) is 0 Å². The highest BCUT2D eigenvalue weighted by atomic mass is 19.1. The van der Waals surface area contributed by atoms with Gasteiger partial charge < -0.3 is 15.0 Å². The molecule has 1 atom stereocenters. The van der Waals surface area contributed by atoms with Crippen molar-refractivity contribution < 1.29 is 13.9 Å². The quantitative estimate of drug-likeness (QED) is 0.417. The summed E-state index contributed by atoms with van der Waals surface area (Å²) < 4.78 is 21.7. The number of halogens is 1. The predicted molar refractivity (Wildman–Crippen MR) is 133 cm³/mol. The van der Waals surface area contributed by atoms with E-state index >= 15 is 0 Å². The molecule has 1 saturated carbocycles. The Balaban J connectivity index is 1.27. The molecular weight excluding hydrogens is 443 g/mol. The van der Waals surface area contributed by atoms with Crippen molar-refractivity contribution in [3.63, 3.8) is 0 Å². The van der Waals surface area contributed by atoms with E-state index in [1.54, 1.807) is 18.2 Å². The fourth-order valence-corrected chi connectivity index (χ4v) is 5.98. The number of ether oxygens (including phenoxy) is 1. The van der Waals surface area contributed by atoms with Crippen molar-refractivity contribution in [3.05, 3.63) is 71.4 Å². The molecule has 1 aliphatic carbocycles. The molecule has 6 nitrogen and oxygen atoms in total. The summed E-state index contributed by atoms with van der Waals surface area (Å²) in [6.45, 7) is 3.59. The van der Waals surface area contributed by atoms with Crippen molar-refractivity contribution in [1.29, 1.82) is 0 Å². The monoisotopic (exact) mass is 472 g/mol. The molecule has 3 heterocycles. The maximum Gasteiger partial charge on any atom is 0.248 e. The number of benzene rings is 2. The Morgan fingerprint density at radius 3 is 2.57 bits per heavy atom. The number of pyridine rings is 1. The third-order valence-corrected chi connectivity index (χ3v) is 8.05. The van der Waals surface area contributed by atoms with Crippen LogP contribution in [-0.2, 0) is 4.74 Å². The summed E-state index contributed by atoms with van der Waals surface area (Å²) in [6, 6.07) is 12.7. The Morgan fingerprint density at radius 2 is 1.86 bits per heavy atom. The molecule has 2 aliphatic rings. The largest absolute Gasteiger partial charge is 0.377 e. The standard InChI is InChI=1S/C28H29FN4O2/c1-16(28-32-25-8-6-19(27(30)34)12-26(25)33(28)21-14-35-15-21)17-2-4-18(5-3-17)22-10-11-31-24-9-7-20(29)13-23(22)24/h6-13,16-18,21H,2-5,14-15H2,1H3,(H2,30,34). The first-order valence-electron chi connectivity index (χ1n) is 12.4. The van der Waals surface area contributed by atoms with Gasteiger partial charge in [0.25, 0.3) is 0 Å². The lowest BCUT2D eigenvalue weighted by Crippen LogP contribution is -2.33. The van der Waals surface area contributed by atoms with E-state index in [2.05, 4.69) is 22.5 Å². The summed E-state index contributed by atoms with van der Waals surface area (Å²) in [7, 11) is 0. The van der Waals surface area contributed by atoms with Crippen LogP contribution in [-0.4, -0.2) is 33.7 Å². The molecule has 1 amide bonds. The molecule has 0 bridgehead atoms.